The smallest absolute Gasteiger partial charge is 0.0459 e. The Kier molecular flexibility index (Phi) is 6.19. The van der Waals surface area contributed by atoms with Gasteiger partial charge in [-0.2, -0.15) is 0 Å². The van der Waals surface area contributed by atoms with Gasteiger partial charge in [0.05, 0.1) is 0 Å². The lowest BCUT2D eigenvalue weighted by Crippen LogP contribution is -2.05. The summed E-state index contributed by atoms with van der Waals surface area (Å²) in [5.41, 5.74) is 7.21. The third-order valence-corrected chi connectivity index (χ3v) is 5.78. The summed E-state index contributed by atoms with van der Waals surface area (Å²) in [4.78, 5) is 3.59. The van der Waals surface area contributed by atoms with Crippen molar-refractivity contribution in [2.24, 2.45) is 5.92 Å². The Hall–Kier alpha value is -2.02. The molecule has 4 rings (SSSR count). The first-order valence-corrected chi connectivity index (χ1v) is 10.2. The van der Waals surface area contributed by atoms with Crippen LogP contribution in [-0.4, -0.2) is 4.98 Å². The van der Waals surface area contributed by atoms with Crippen LogP contribution in [0.1, 0.15) is 68.3 Å². The zero-order chi connectivity index (χ0) is 18.5. The third kappa shape index (κ3) is 4.38. The molecular weight excluding hydrogens is 314 g/mol. The number of rotatable bonds is 3. The molecule has 138 valence electrons. The maximum Gasteiger partial charge on any atom is 0.0459 e. The standard InChI is InChI=1S/C14H17N.C11H16/c1-9-6-7-13-12(8-9)11-5-3-4-10(2)14(11)15-13;1-3-10(2)9-11-7-5-4-6-8-11/h6-8,10,15H,3-5H2,1-2H3;4-8,10H,3,9H2,1-2H3. The SMILES string of the molecule is CCC(C)Cc1ccccc1.Cc1ccc2[nH]c3c(c2c1)CCCC3C. The number of hydrogen-bond donors (Lipinski definition) is 1. The van der Waals surface area contributed by atoms with Gasteiger partial charge in [-0.15, -0.1) is 0 Å². The molecule has 0 aliphatic heterocycles. The van der Waals surface area contributed by atoms with Crippen molar-refractivity contribution in [2.45, 2.75) is 65.7 Å². The quantitative estimate of drug-likeness (QED) is 0.516. The summed E-state index contributed by atoms with van der Waals surface area (Å²) in [6, 6.07) is 17.4. The highest BCUT2D eigenvalue weighted by Gasteiger charge is 2.20. The molecule has 0 saturated carbocycles. The molecule has 1 aliphatic carbocycles. The maximum atomic E-state index is 3.59. The number of aryl methyl sites for hydroxylation is 2. The molecule has 0 amide bonds. The van der Waals surface area contributed by atoms with Gasteiger partial charge in [-0.3, -0.25) is 0 Å². The summed E-state index contributed by atoms with van der Waals surface area (Å²) in [5, 5.41) is 1.46. The Bertz CT molecular complexity index is 828. The lowest BCUT2D eigenvalue weighted by atomic mass is 9.88. The molecule has 0 saturated heterocycles. The lowest BCUT2D eigenvalue weighted by Gasteiger charge is -2.18. The minimum atomic E-state index is 0.710. The van der Waals surface area contributed by atoms with Gasteiger partial charge in [0.15, 0.2) is 0 Å². The normalized spacial score (nSPS) is 17.3. The molecule has 3 aromatic rings. The van der Waals surface area contributed by atoms with E-state index in [1.165, 1.54) is 59.8 Å². The van der Waals surface area contributed by atoms with Crippen molar-refractivity contribution in [2.75, 3.05) is 0 Å². The Labute approximate surface area is 158 Å². The van der Waals surface area contributed by atoms with Gasteiger partial charge in [-0.1, -0.05) is 69.2 Å². The van der Waals surface area contributed by atoms with E-state index in [4.69, 9.17) is 0 Å². The van der Waals surface area contributed by atoms with Gasteiger partial charge in [0, 0.05) is 16.6 Å². The summed E-state index contributed by atoms with van der Waals surface area (Å²) in [5.74, 6) is 1.53. The number of fused-ring (bicyclic) bond motifs is 3. The fraction of sp³-hybridized carbons (Fsp3) is 0.440. The van der Waals surface area contributed by atoms with Crippen LogP contribution in [0.2, 0.25) is 0 Å². The number of hydrogen-bond acceptors (Lipinski definition) is 0. The Balaban J connectivity index is 0.000000160. The molecule has 1 heterocycles. The molecule has 2 unspecified atom stereocenters. The van der Waals surface area contributed by atoms with Gasteiger partial charge < -0.3 is 4.98 Å². The Morgan fingerprint density at radius 3 is 2.62 bits per heavy atom. The molecule has 1 aromatic heterocycles. The minimum absolute atomic E-state index is 0.710. The fourth-order valence-corrected chi connectivity index (χ4v) is 3.96. The van der Waals surface area contributed by atoms with Crippen molar-refractivity contribution in [3.63, 3.8) is 0 Å². The fourth-order valence-electron chi connectivity index (χ4n) is 3.96. The minimum Gasteiger partial charge on any atom is -0.358 e. The highest BCUT2D eigenvalue weighted by molar-refractivity contribution is 5.85. The first kappa shape index (κ1) is 18.8. The van der Waals surface area contributed by atoms with Crippen LogP contribution in [0, 0.1) is 12.8 Å². The van der Waals surface area contributed by atoms with Crippen molar-refractivity contribution in [3.05, 3.63) is 70.9 Å². The van der Waals surface area contributed by atoms with Gasteiger partial charge in [0.2, 0.25) is 0 Å². The van der Waals surface area contributed by atoms with Crippen molar-refractivity contribution < 1.29 is 0 Å². The molecule has 1 N–H and O–H groups in total. The molecule has 1 heteroatoms. The first-order chi connectivity index (χ1) is 12.6. The van der Waals surface area contributed by atoms with Gasteiger partial charge in [0.25, 0.3) is 0 Å². The predicted octanol–water partition coefficient (Wildman–Crippen LogP) is 7.19. The second-order valence-electron chi connectivity index (χ2n) is 8.06. The van der Waals surface area contributed by atoms with Crippen molar-refractivity contribution in [3.8, 4) is 0 Å². The Morgan fingerprint density at radius 1 is 1.12 bits per heavy atom. The molecule has 2 atom stereocenters. The van der Waals surface area contributed by atoms with E-state index in [0.29, 0.717) is 5.92 Å². The predicted molar refractivity (Wildman–Crippen MR) is 114 cm³/mol. The zero-order valence-corrected chi connectivity index (χ0v) is 16.8. The van der Waals surface area contributed by atoms with Crippen LogP contribution in [-0.2, 0) is 12.8 Å². The average Bonchev–Trinajstić information content (AvgIpc) is 3.02. The van der Waals surface area contributed by atoms with E-state index < -0.39 is 0 Å². The molecule has 0 spiro atoms. The van der Waals surface area contributed by atoms with Crippen molar-refractivity contribution in [1.82, 2.24) is 4.98 Å². The van der Waals surface area contributed by atoms with Gasteiger partial charge in [-0.05, 0) is 67.7 Å². The van der Waals surface area contributed by atoms with E-state index in [0.717, 1.165) is 5.92 Å². The molecular formula is C25H33N. The molecule has 0 bridgehead atoms. The molecule has 0 radical (unpaired) electrons. The monoisotopic (exact) mass is 347 g/mol. The molecule has 26 heavy (non-hydrogen) atoms. The van der Waals surface area contributed by atoms with Crippen LogP contribution >= 0.6 is 0 Å². The third-order valence-electron chi connectivity index (χ3n) is 5.78. The van der Waals surface area contributed by atoms with Crippen molar-refractivity contribution >= 4 is 10.9 Å². The summed E-state index contributed by atoms with van der Waals surface area (Å²) < 4.78 is 0. The number of H-pyrrole nitrogens is 1. The second-order valence-corrected chi connectivity index (χ2v) is 8.06. The Morgan fingerprint density at radius 2 is 1.88 bits per heavy atom. The summed E-state index contributed by atoms with van der Waals surface area (Å²) in [7, 11) is 0. The topological polar surface area (TPSA) is 15.8 Å². The maximum absolute atomic E-state index is 3.59. The number of nitrogens with one attached hydrogen (secondary N) is 1. The highest BCUT2D eigenvalue weighted by Crippen LogP contribution is 2.35. The van der Waals surface area contributed by atoms with E-state index >= 15 is 0 Å². The zero-order valence-electron chi connectivity index (χ0n) is 16.8. The average molecular weight is 348 g/mol. The summed E-state index contributed by atoms with van der Waals surface area (Å²) in [6.07, 6.45) is 6.42. The van der Waals surface area contributed by atoms with E-state index in [9.17, 15) is 0 Å². The molecule has 2 aromatic carbocycles. The molecule has 1 nitrogen and oxygen atoms in total. The summed E-state index contributed by atoms with van der Waals surface area (Å²) >= 11 is 0. The van der Waals surface area contributed by atoms with Crippen LogP contribution in [0.5, 0.6) is 0 Å². The van der Waals surface area contributed by atoms with Crippen LogP contribution in [0.3, 0.4) is 0 Å². The van der Waals surface area contributed by atoms with Crippen molar-refractivity contribution in [1.29, 1.82) is 0 Å². The van der Waals surface area contributed by atoms with Gasteiger partial charge in [-0.25, -0.2) is 0 Å². The number of benzene rings is 2. The van der Waals surface area contributed by atoms with E-state index in [1.807, 2.05) is 0 Å². The van der Waals surface area contributed by atoms with Crippen LogP contribution in [0.4, 0.5) is 0 Å². The molecule has 0 fully saturated rings. The number of aromatic amines is 1. The van der Waals surface area contributed by atoms with Gasteiger partial charge in [0.1, 0.15) is 0 Å². The van der Waals surface area contributed by atoms with Crippen LogP contribution < -0.4 is 0 Å². The van der Waals surface area contributed by atoms with E-state index in [2.05, 4.69) is 81.2 Å². The van der Waals surface area contributed by atoms with Gasteiger partial charge >= 0.3 is 0 Å². The molecule has 1 aliphatic rings. The second kappa shape index (κ2) is 8.58. The largest absolute Gasteiger partial charge is 0.358 e. The number of aromatic nitrogens is 1. The summed E-state index contributed by atoms with van der Waals surface area (Å²) in [6.45, 7) is 9.05. The van der Waals surface area contributed by atoms with E-state index in [-0.39, 0.29) is 0 Å². The van der Waals surface area contributed by atoms with Crippen LogP contribution in [0.15, 0.2) is 48.5 Å². The highest BCUT2D eigenvalue weighted by atomic mass is 14.7. The lowest BCUT2D eigenvalue weighted by molar-refractivity contribution is 0.560. The van der Waals surface area contributed by atoms with Crippen LogP contribution in [0.25, 0.3) is 10.9 Å². The van der Waals surface area contributed by atoms with E-state index in [1.54, 1.807) is 5.56 Å². The first-order valence-electron chi connectivity index (χ1n) is 10.2.